The molecule has 3 aromatic heterocycles. The lowest BCUT2D eigenvalue weighted by atomic mass is 10.3. The van der Waals surface area contributed by atoms with E-state index in [1.807, 2.05) is 7.05 Å². The Hall–Kier alpha value is -2.70. The summed E-state index contributed by atoms with van der Waals surface area (Å²) in [5, 5.41) is 16.9. The van der Waals surface area contributed by atoms with Crippen LogP contribution in [-0.4, -0.2) is 29.8 Å². The fourth-order valence-electron chi connectivity index (χ4n) is 1.87. The van der Waals surface area contributed by atoms with E-state index in [1.54, 1.807) is 29.2 Å². The van der Waals surface area contributed by atoms with Crippen molar-refractivity contribution >= 4 is 16.9 Å². The molecule has 0 aromatic carbocycles. The Kier molecular flexibility index (Phi) is 2.71. The highest BCUT2D eigenvalue weighted by Crippen LogP contribution is 2.19. The van der Waals surface area contributed by atoms with E-state index in [4.69, 9.17) is 0 Å². The lowest BCUT2D eigenvalue weighted by molar-refractivity contribution is 0.465. The predicted molar refractivity (Wildman–Crippen MR) is 69.5 cm³/mol. The van der Waals surface area contributed by atoms with Crippen LogP contribution in [-0.2, 0) is 13.6 Å². The van der Waals surface area contributed by atoms with Crippen LogP contribution in [0.2, 0.25) is 0 Å². The predicted octanol–water partition coefficient (Wildman–Crippen LogP) is 1.08. The van der Waals surface area contributed by atoms with E-state index in [0.717, 1.165) is 11.0 Å². The third-order valence-corrected chi connectivity index (χ3v) is 2.82. The first kappa shape index (κ1) is 11.4. The van der Waals surface area contributed by atoms with Gasteiger partial charge in [-0.1, -0.05) is 0 Å². The number of aromatic hydroxyl groups is 1. The number of rotatable bonds is 3. The molecule has 0 radical (unpaired) electrons. The number of aryl methyl sites for hydroxylation is 1. The molecule has 7 heteroatoms. The van der Waals surface area contributed by atoms with Crippen molar-refractivity contribution in [1.82, 2.24) is 24.7 Å². The lowest BCUT2D eigenvalue weighted by Crippen LogP contribution is -2.05. The van der Waals surface area contributed by atoms with Crippen LogP contribution in [0.3, 0.4) is 0 Å². The van der Waals surface area contributed by atoms with Gasteiger partial charge in [-0.05, 0) is 12.1 Å². The van der Waals surface area contributed by atoms with E-state index >= 15 is 0 Å². The van der Waals surface area contributed by atoms with Gasteiger partial charge in [0.15, 0.2) is 5.82 Å². The Morgan fingerprint density at radius 3 is 3.05 bits per heavy atom. The van der Waals surface area contributed by atoms with Crippen molar-refractivity contribution in [3.05, 3.63) is 36.5 Å². The van der Waals surface area contributed by atoms with Gasteiger partial charge in [0.05, 0.1) is 12.7 Å². The highest BCUT2D eigenvalue weighted by molar-refractivity contribution is 5.84. The number of hydrogen-bond donors (Lipinski definition) is 2. The van der Waals surface area contributed by atoms with Crippen molar-refractivity contribution in [3.8, 4) is 5.75 Å². The number of hydrogen-bond acceptors (Lipinski definition) is 6. The minimum atomic E-state index is 0.158. The maximum Gasteiger partial charge on any atom is 0.156 e. The second-order valence-corrected chi connectivity index (χ2v) is 4.05. The lowest BCUT2D eigenvalue weighted by Gasteiger charge is -2.07. The number of aromatic nitrogens is 5. The van der Waals surface area contributed by atoms with Crippen LogP contribution >= 0.6 is 0 Å². The highest BCUT2D eigenvalue weighted by atomic mass is 16.3. The summed E-state index contributed by atoms with van der Waals surface area (Å²) in [6, 6.07) is 3.28. The third-order valence-electron chi connectivity index (χ3n) is 2.82. The fourth-order valence-corrected chi connectivity index (χ4v) is 1.87. The molecule has 0 aliphatic rings. The van der Waals surface area contributed by atoms with Gasteiger partial charge in [0.25, 0.3) is 0 Å². The average molecular weight is 256 g/mol. The smallest absolute Gasteiger partial charge is 0.156 e. The fraction of sp³-hybridized carbons (Fsp3) is 0.167. The molecule has 0 spiro atoms. The zero-order valence-corrected chi connectivity index (χ0v) is 10.3. The van der Waals surface area contributed by atoms with Gasteiger partial charge >= 0.3 is 0 Å². The van der Waals surface area contributed by atoms with Crippen molar-refractivity contribution in [3.63, 3.8) is 0 Å². The highest BCUT2D eigenvalue weighted by Gasteiger charge is 2.09. The summed E-state index contributed by atoms with van der Waals surface area (Å²) < 4.78 is 1.70. The van der Waals surface area contributed by atoms with Crippen LogP contribution in [0, 0.1) is 0 Å². The van der Waals surface area contributed by atoms with Gasteiger partial charge < -0.3 is 10.4 Å². The van der Waals surface area contributed by atoms with E-state index in [-0.39, 0.29) is 5.75 Å². The van der Waals surface area contributed by atoms with Gasteiger partial charge in [0.2, 0.25) is 0 Å². The van der Waals surface area contributed by atoms with Crippen LogP contribution < -0.4 is 5.32 Å². The molecule has 7 nitrogen and oxygen atoms in total. The van der Waals surface area contributed by atoms with Gasteiger partial charge in [-0.25, -0.2) is 9.97 Å². The van der Waals surface area contributed by atoms with Crippen LogP contribution in [0.15, 0.2) is 30.9 Å². The Morgan fingerprint density at radius 2 is 2.21 bits per heavy atom. The monoisotopic (exact) mass is 256 g/mol. The number of nitrogens with zero attached hydrogens (tertiary/aromatic N) is 5. The molecule has 0 amide bonds. The Labute approximate surface area is 109 Å². The van der Waals surface area contributed by atoms with Crippen molar-refractivity contribution in [1.29, 1.82) is 0 Å². The second kappa shape index (κ2) is 4.52. The first-order valence-corrected chi connectivity index (χ1v) is 5.75. The molecule has 0 saturated heterocycles. The molecule has 3 heterocycles. The Bertz CT molecular complexity index is 723. The van der Waals surface area contributed by atoms with Gasteiger partial charge in [0.1, 0.15) is 28.8 Å². The molecule has 0 unspecified atom stereocenters. The van der Waals surface area contributed by atoms with E-state index in [9.17, 15) is 5.11 Å². The van der Waals surface area contributed by atoms with Crippen LogP contribution in [0.25, 0.3) is 11.0 Å². The molecule has 0 aliphatic carbocycles. The van der Waals surface area contributed by atoms with Gasteiger partial charge in [-0.2, -0.15) is 5.10 Å². The summed E-state index contributed by atoms with van der Waals surface area (Å²) >= 11 is 0. The van der Waals surface area contributed by atoms with Crippen LogP contribution in [0.4, 0.5) is 5.82 Å². The molecule has 0 saturated carbocycles. The summed E-state index contributed by atoms with van der Waals surface area (Å²) in [6.45, 7) is 0.379. The normalized spacial score (nSPS) is 10.8. The maximum atomic E-state index is 9.66. The number of anilines is 1. The minimum Gasteiger partial charge on any atom is -0.506 e. The van der Waals surface area contributed by atoms with Gasteiger partial charge in [-0.15, -0.1) is 0 Å². The third kappa shape index (κ3) is 2.05. The molecule has 96 valence electrons. The van der Waals surface area contributed by atoms with E-state index < -0.39 is 0 Å². The SMILES string of the molecule is Cn1ncc2ncnc(NCc3ncccc3O)c21. The summed E-state index contributed by atoms with van der Waals surface area (Å²) in [5.41, 5.74) is 2.15. The topological polar surface area (TPSA) is 88.8 Å². The van der Waals surface area contributed by atoms with Crippen molar-refractivity contribution in [2.24, 2.45) is 7.05 Å². The molecular weight excluding hydrogens is 244 g/mol. The van der Waals surface area contributed by atoms with Gasteiger partial charge in [-0.3, -0.25) is 9.67 Å². The maximum absolute atomic E-state index is 9.66. The first-order valence-electron chi connectivity index (χ1n) is 5.75. The molecule has 2 N–H and O–H groups in total. The zero-order chi connectivity index (χ0) is 13.2. The summed E-state index contributed by atoms with van der Waals surface area (Å²) in [7, 11) is 1.83. The quantitative estimate of drug-likeness (QED) is 0.728. The Balaban J connectivity index is 1.90. The van der Waals surface area contributed by atoms with E-state index in [0.29, 0.717) is 18.1 Å². The Morgan fingerprint density at radius 1 is 1.32 bits per heavy atom. The molecule has 0 atom stereocenters. The standard InChI is InChI=1S/C12H12N6O/c1-18-11-9(6-17-18)15-7-16-12(11)14-5-8-10(19)3-2-4-13-8/h2-4,6-7,19H,5H2,1H3,(H,14,15,16). The first-order chi connectivity index (χ1) is 9.25. The zero-order valence-electron chi connectivity index (χ0n) is 10.3. The molecule has 0 fully saturated rings. The molecular formula is C12H12N6O. The van der Waals surface area contributed by atoms with Crippen molar-refractivity contribution in [2.45, 2.75) is 6.54 Å². The summed E-state index contributed by atoms with van der Waals surface area (Å²) in [5.74, 6) is 0.820. The number of pyridine rings is 1. The molecule has 0 bridgehead atoms. The van der Waals surface area contributed by atoms with Crippen molar-refractivity contribution in [2.75, 3.05) is 5.32 Å². The number of fused-ring (bicyclic) bond motifs is 1. The van der Waals surface area contributed by atoms with E-state index in [2.05, 4.69) is 25.4 Å². The van der Waals surface area contributed by atoms with Gasteiger partial charge in [0, 0.05) is 13.2 Å². The largest absolute Gasteiger partial charge is 0.506 e. The van der Waals surface area contributed by atoms with Crippen LogP contribution in [0.1, 0.15) is 5.69 Å². The summed E-state index contributed by atoms with van der Waals surface area (Å²) in [6.07, 6.45) is 4.79. The van der Waals surface area contributed by atoms with Crippen LogP contribution in [0.5, 0.6) is 5.75 Å². The van der Waals surface area contributed by atoms with E-state index in [1.165, 1.54) is 6.33 Å². The van der Waals surface area contributed by atoms with Crippen molar-refractivity contribution < 1.29 is 5.11 Å². The number of nitrogens with one attached hydrogen (secondary N) is 1. The molecule has 3 aromatic rings. The molecule has 0 aliphatic heterocycles. The molecule has 3 rings (SSSR count). The molecule has 19 heavy (non-hydrogen) atoms. The average Bonchev–Trinajstić information content (AvgIpc) is 2.80. The second-order valence-electron chi connectivity index (χ2n) is 4.05. The summed E-state index contributed by atoms with van der Waals surface area (Å²) in [4.78, 5) is 12.4. The minimum absolute atomic E-state index is 0.158.